The molecule has 2 N–H and O–H groups in total. The second kappa shape index (κ2) is 4.35. The lowest BCUT2D eigenvalue weighted by molar-refractivity contribution is -0.144. The van der Waals surface area contributed by atoms with E-state index in [-0.39, 0.29) is 12.1 Å². The topological polar surface area (TPSA) is 50.4 Å². The molecule has 1 unspecified atom stereocenters. The molecule has 1 aromatic carbocycles. The first-order valence-electron chi connectivity index (χ1n) is 6.18. The summed E-state index contributed by atoms with van der Waals surface area (Å²) in [6.45, 7) is 3.89. The average molecular weight is 274 g/mol. The van der Waals surface area contributed by atoms with Crippen LogP contribution in [0.25, 0.3) is 0 Å². The van der Waals surface area contributed by atoms with Crippen LogP contribution in [0.2, 0.25) is 0 Å². The van der Waals surface area contributed by atoms with Gasteiger partial charge in [-0.3, -0.25) is 0 Å². The molecule has 2 aliphatic heterocycles. The van der Waals surface area contributed by atoms with Crippen LogP contribution in [-0.2, 0) is 9.53 Å². The fourth-order valence-electron chi connectivity index (χ4n) is 2.36. The molecule has 0 fully saturated rings. The summed E-state index contributed by atoms with van der Waals surface area (Å²) in [5, 5.41) is 6.43. The van der Waals surface area contributed by atoms with E-state index in [0.29, 0.717) is 17.0 Å². The fraction of sp³-hybridized carbons (Fsp3) is 0.286. The highest BCUT2D eigenvalue weighted by molar-refractivity contribution is 7.81. The van der Waals surface area contributed by atoms with Crippen molar-refractivity contribution in [3.05, 3.63) is 35.0 Å². The van der Waals surface area contributed by atoms with Gasteiger partial charge in [-0.2, -0.15) is 0 Å². The molecular weight excluding hydrogens is 260 g/mol. The molecule has 1 aromatic rings. The minimum atomic E-state index is -0.358. The molecule has 1 atom stereocenters. The first-order chi connectivity index (χ1) is 9.04. The highest BCUT2D eigenvalue weighted by Crippen LogP contribution is 2.33. The third-order valence-electron chi connectivity index (χ3n) is 3.24. The Morgan fingerprint density at radius 3 is 2.89 bits per heavy atom. The van der Waals surface area contributed by atoms with Gasteiger partial charge < -0.3 is 15.4 Å². The van der Waals surface area contributed by atoms with Gasteiger partial charge in [-0.1, -0.05) is 18.3 Å². The van der Waals surface area contributed by atoms with Crippen LogP contribution in [0.4, 0.5) is 11.4 Å². The van der Waals surface area contributed by atoms with Gasteiger partial charge in [0.15, 0.2) is 0 Å². The Morgan fingerprint density at radius 1 is 1.32 bits per heavy atom. The number of cyclic esters (lactones) is 1. The molecule has 3 rings (SSSR count). The van der Waals surface area contributed by atoms with Gasteiger partial charge in [-0.25, -0.2) is 4.79 Å². The van der Waals surface area contributed by atoms with Crippen LogP contribution in [0.1, 0.15) is 18.9 Å². The predicted molar refractivity (Wildman–Crippen MR) is 78.2 cm³/mol. The minimum absolute atomic E-state index is 0.131. The number of nitrogens with one attached hydrogen (secondary N) is 2. The standard InChI is InChI=1S/C14H14N2O2S/c1-7-3-4-9-10(5-7)16-13(19)12-11(15-9)6-8(2)18-14(12)17/h3-5,8,15H,6H2,1-2H3,(H,16,19). The Balaban J connectivity index is 2.09. The van der Waals surface area contributed by atoms with E-state index in [1.54, 1.807) is 0 Å². The number of anilines is 2. The Bertz CT molecular complexity index is 622. The SMILES string of the molecule is Cc1ccc2c(c1)NC(=S)C1=C(CC(C)OC1=O)N2. The van der Waals surface area contributed by atoms with E-state index in [1.807, 2.05) is 32.0 Å². The third-order valence-corrected chi connectivity index (χ3v) is 3.55. The first-order valence-corrected chi connectivity index (χ1v) is 6.58. The van der Waals surface area contributed by atoms with E-state index in [9.17, 15) is 4.79 Å². The van der Waals surface area contributed by atoms with Gasteiger partial charge in [0, 0.05) is 12.1 Å². The van der Waals surface area contributed by atoms with E-state index in [2.05, 4.69) is 10.6 Å². The number of esters is 1. The highest BCUT2D eigenvalue weighted by atomic mass is 32.1. The molecule has 0 bridgehead atoms. The van der Waals surface area contributed by atoms with Crippen LogP contribution in [-0.4, -0.2) is 17.1 Å². The lowest BCUT2D eigenvalue weighted by Gasteiger charge is -2.23. The zero-order valence-electron chi connectivity index (χ0n) is 10.7. The number of hydrogen-bond donors (Lipinski definition) is 2. The van der Waals surface area contributed by atoms with Gasteiger partial charge in [0.1, 0.15) is 16.7 Å². The average Bonchev–Trinajstić information content (AvgIpc) is 2.44. The molecule has 0 amide bonds. The van der Waals surface area contributed by atoms with Crippen molar-refractivity contribution in [2.75, 3.05) is 10.6 Å². The molecule has 0 spiro atoms. The van der Waals surface area contributed by atoms with Crippen LogP contribution in [0, 0.1) is 6.92 Å². The number of benzene rings is 1. The lowest BCUT2D eigenvalue weighted by atomic mass is 10.1. The summed E-state index contributed by atoms with van der Waals surface area (Å²) in [4.78, 5) is 12.4. The quantitative estimate of drug-likeness (QED) is 0.563. The largest absolute Gasteiger partial charge is 0.459 e. The van der Waals surface area contributed by atoms with Crippen molar-refractivity contribution in [1.29, 1.82) is 0 Å². The molecule has 0 aromatic heterocycles. The summed E-state index contributed by atoms with van der Waals surface area (Å²) in [5.74, 6) is -0.358. The van der Waals surface area contributed by atoms with Crippen molar-refractivity contribution >= 4 is 34.6 Å². The summed E-state index contributed by atoms with van der Waals surface area (Å²) < 4.78 is 5.24. The lowest BCUT2D eigenvalue weighted by Crippen LogP contribution is -2.30. The molecule has 0 radical (unpaired) electrons. The number of thiocarbonyl (C=S) groups is 1. The van der Waals surface area contributed by atoms with Crippen molar-refractivity contribution in [3.63, 3.8) is 0 Å². The van der Waals surface area contributed by atoms with Crippen LogP contribution in [0.15, 0.2) is 29.5 Å². The maximum absolute atomic E-state index is 12.0. The van der Waals surface area contributed by atoms with Crippen LogP contribution in [0.5, 0.6) is 0 Å². The maximum Gasteiger partial charge on any atom is 0.343 e. The summed E-state index contributed by atoms with van der Waals surface area (Å²) in [6.07, 6.45) is 0.518. The smallest absolute Gasteiger partial charge is 0.343 e. The number of carbonyl (C=O) groups excluding carboxylic acids is 1. The van der Waals surface area contributed by atoms with Crippen LogP contribution < -0.4 is 10.6 Å². The monoisotopic (exact) mass is 274 g/mol. The summed E-state index contributed by atoms with van der Waals surface area (Å²) >= 11 is 5.32. The molecule has 0 saturated heterocycles. The highest BCUT2D eigenvalue weighted by Gasteiger charge is 2.31. The van der Waals surface area contributed by atoms with Crippen molar-refractivity contribution in [3.8, 4) is 0 Å². The van der Waals surface area contributed by atoms with E-state index >= 15 is 0 Å². The van der Waals surface area contributed by atoms with Crippen molar-refractivity contribution in [2.24, 2.45) is 0 Å². The number of fused-ring (bicyclic) bond motifs is 1. The molecule has 98 valence electrons. The van der Waals surface area contributed by atoms with Gasteiger partial charge in [-0.05, 0) is 31.5 Å². The van der Waals surface area contributed by atoms with E-state index < -0.39 is 0 Å². The third kappa shape index (κ3) is 2.10. The minimum Gasteiger partial charge on any atom is -0.459 e. The second-order valence-corrected chi connectivity index (χ2v) is 5.31. The molecule has 2 heterocycles. The van der Waals surface area contributed by atoms with Crippen molar-refractivity contribution in [2.45, 2.75) is 26.4 Å². The number of ether oxygens (including phenoxy) is 1. The maximum atomic E-state index is 12.0. The van der Waals surface area contributed by atoms with Gasteiger partial charge in [0.2, 0.25) is 0 Å². The van der Waals surface area contributed by atoms with E-state index in [4.69, 9.17) is 17.0 Å². The van der Waals surface area contributed by atoms with E-state index in [0.717, 1.165) is 22.6 Å². The zero-order chi connectivity index (χ0) is 13.6. The van der Waals surface area contributed by atoms with Gasteiger partial charge in [-0.15, -0.1) is 0 Å². The molecule has 4 nitrogen and oxygen atoms in total. The fourth-order valence-corrected chi connectivity index (χ4v) is 2.67. The Hall–Kier alpha value is -1.88. The Labute approximate surface area is 116 Å². The molecule has 2 aliphatic rings. The zero-order valence-corrected chi connectivity index (χ0v) is 11.6. The van der Waals surface area contributed by atoms with Gasteiger partial charge >= 0.3 is 5.97 Å². The normalized spacial score (nSPS) is 21.7. The summed E-state index contributed by atoms with van der Waals surface area (Å²) in [6, 6.07) is 6.01. The number of carbonyl (C=O) groups is 1. The molecule has 19 heavy (non-hydrogen) atoms. The van der Waals surface area contributed by atoms with E-state index in [1.165, 1.54) is 0 Å². The summed E-state index contributed by atoms with van der Waals surface area (Å²) in [7, 11) is 0. The number of aryl methyl sites for hydroxylation is 1. The van der Waals surface area contributed by atoms with Crippen molar-refractivity contribution in [1.82, 2.24) is 0 Å². The van der Waals surface area contributed by atoms with Gasteiger partial charge in [0.05, 0.1) is 11.4 Å². The molecule has 5 heteroatoms. The summed E-state index contributed by atoms with van der Waals surface area (Å²) in [5.41, 5.74) is 4.23. The predicted octanol–water partition coefficient (Wildman–Crippen LogP) is 2.75. The molecule has 0 aliphatic carbocycles. The second-order valence-electron chi connectivity index (χ2n) is 4.90. The number of hydrogen-bond acceptors (Lipinski definition) is 4. The van der Waals surface area contributed by atoms with Gasteiger partial charge in [0.25, 0.3) is 0 Å². The van der Waals surface area contributed by atoms with Crippen LogP contribution >= 0.6 is 12.2 Å². The number of rotatable bonds is 0. The van der Waals surface area contributed by atoms with Crippen molar-refractivity contribution < 1.29 is 9.53 Å². The Kier molecular flexibility index (Phi) is 2.78. The molecule has 0 saturated carbocycles. The Morgan fingerprint density at radius 2 is 2.11 bits per heavy atom. The van der Waals surface area contributed by atoms with Crippen LogP contribution in [0.3, 0.4) is 0 Å². The first kappa shape index (κ1) is 12.2. The molecular formula is C14H14N2O2S.